The minimum atomic E-state index is 0.692. The number of hydrogen-bond acceptors (Lipinski definition) is 1. The molecule has 0 aliphatic heterocycles. The first kappa shape index (κ1) is 11.3. The molecule has 4 rings (SSSR count). The summed E-state index contributed by atoms with van der Waals surface area (Å²) in [5.74, 6) is 0. The Morgan fingerprint density at radius 1 is 0.842 bits per heavy atom. The van der Waals surface area contributed by atoms with Crippen LogP contribution in [0, 0.1) is 0 Å². The lowest BCUT2D eigenvalue weighted by atomic mass is 10.0. The van der Waals surface area contributed by atoms with E-state index in [-0.39, 0.29) is 0 Å². The monoisotopic (exact) mass is 330 g/mol. The summed E-state index contributed by atoms with van der Waals surface area (Å²) in [6, 6.07) is 16.1. The van der Waals surface area contributed by atoms with Crippen LogP contribution in [0.1, 0.15) is 0 Å². The van der Waals surface area contributed by atoms with Crippen LogP contribution in [0.4, 0.5) is 0 Å². The molecule has 0 N–H and O–H groups in total. The molecule has 0 aliphatic carbocycles. The first-order valence-corrected chi connectivity index (χ1v) is 7.09. The molecular weight excluding hydrogens is 324 g/mol. The SMILES string of the molecule is Clc1ccc2c(c1)oc1ccc3ccc(Br)cc3c12. The van der Waals surface area contributed by atoms with E-state index in [0.717, 1.165) is 26.4 Å². The lowest BCUT2D eigenvalue weighted by Crippen LogP contribution is -1.75. The van der Waals surface area contributed by atoms with Gasteiger partial charge in [0.05, 0.1) is 0 Å². The van der Waals surface area contributed by atoms with Crippen LogP contribution in [-0.2, 0) is 0 Å². The number of furan rings is 1. The van der Waals surface area contributed by atoms with Crippen LogP contribution in [0.2, 0.25) is 5.02 Å². The molecule has 1 nitrogen and oxygen atoms in total. The van der Waals surface area contributed by atoms with Gasteiger partial charge in [0.1, 0.15) is 11.2 Å². The van der Waals surface area contributed by atoms with Crippen molar-refractivity contribution in [2.24, 2.45) is 0 Å². The predicted molar refractivity (Wildman–Crippen MR) is 83.9 cm³/mol. The van der Waals surface area contributed by atoms with Crippen molar-refractivity contribution in [3.8, 4) is 0 Å². The van der Waals surface area contributed by atoms with Gasteiger partial charge in [0.25, 0.3) is 0 Å². The number of hydrogen-bond donors (Lipinski definition) is 0. The highest BCUT2D eigenvalue weighted by atomic mass is 79.9. The summed E-state index contributed by atoms with van der Waals surface area (Å²) in [5.41, 5.74) is 1.72. The second kappa shape index (κ2) is 3.99. The minimum Gasteiger partial charge on any atom is -0.456 e. The fraction of sp³-hybridized carbons (Fsp3) is 0. The predicted octanol–water partition coefficient (Wildman–Crippen LogP) is 6.16. The Bertz CT molecular complexity index is 940. The molecule has 3 aromatic carbocycles. The molecule has 3 heteroatoms. The summed E-state index contributed by atoms with van der Waals surface area (Å²) in [5, 5.41) is 5.33. The zero-order valence-electron chi connectivity index (χ0n) is 9.78. The second-order valence-electron chi connectivity index (χ2n) is 4.55. The van der Waals surface area contributed by atoms with Gasteiger partial charge in [0, 0.05) is 26.3 Å². The topological polar surface area (TPSA) is 13.1 Å². The summed E-state index contributed by atoms with van der Waals surface area (Å²) >= 11 is 9.55. The number of rotatable bonds is 0. The highest BCUT2D eigenvalue weighted by molar-refractivity contribution is 9.10. The van der Waals surface area contributed by atoms with Crippen molar-refractivity contribution in [1.29, 1.82) is 0 Å². The van der Waals surface area contributed by atoms with Gasteiger partial charge in [-0.2, -0.15) is 0 Å². The number of benzene rings is 3. The highest BCUT2D eigenvalue weighted by Gasteiger charge is 2.10. The van der Waals surface area contributed by atoms with E-state index < -0.39 is 0 Å². The summed E-state index contributed by atoms with van der Waals surface area (Å²) in [6.07, 6.45) is 0. The molecule has 0 fully saturated rings. The van der Waals surface area contributed by atoms with Gasteiger partial charge < -0.3 is 4.42 Å². The molecule has 0 unspecified atom stereocenters. The third-order valence-corrected chi connectivity index (χ3v) is 4.11. The molecule has 0 atom stereocenters. The molecule has 4 aromatic rings. The Labute approximate surface area is 122 Å². The maximum atomic E-state index is 6.02. The zero-order valence-corrected chi connectivity index (χ0v) is 12.1. The third kappa shape index (κ3) is 1.67. The molecule has 0 amide bonds. The van der Waals surface area contributed by atoms with E-state index in [1.165, 1.54) is 10.8 Å². The highest BCUT2D eigenvalue weighted by Crippen LogP contribution is 2.36. The minimum absolute atomic E-state index is 0.692. The Morgan fingerprint density at radius 2 is 1.68 bits per heavy atom. The molecule has 0 saturated carbocycles. The molecule has 1 heterocycles. The van der Waals surface area contributed by atoms with E-state index in [2.05, 4.69) is 34.1 Å². The van der Waals surface area contributed by atoms with Gasteiger partial charge in [-0.05, 0) is 41.1 Å². The Kier molecular flexibility index (Phi) is 2.38. The molecule has 0 spiro atoms. The summed E-state index contributed by atoms with van der Waals surface area (Å²) in [7, 11) is 0. The van der Waals surface area contributed by atoms with E-state index in [1.54, 1.807) is 0 Å². The van der Waals surface area contributed by atoms with Crippen molar-refractivity contribution >= 4 is 60.2 Å². The van der Waals surface area contributed by atoms with Crippen molar-refractivity contribution in [1.82, 2.24) is 0 Å². The van der Waals surface area contributed by atoms with E-state index in [1.807, 2.05) is 30.3 Å². The van der Waals surface area contributed by atoms with Gasteiger partial charge in [-0.3, -0.25) is 0 Å². The summed E-state index contributed by atoms with van der Waals surface area (Å²) in [6.45, 7) is 0. The molecule has 0 saturated heterocycles. The van der Waals surface area contributed by atoms with Gasteiger partial charge in [-0.1, -0.05) is 39.7 Å². The van der Waals surface area contributed by atoms with Crippen LogP contribution in [0.5, 0.6) is 0 Å². The lowest BCUT2D eigenvalue weighted by Gasteiger charge is -2.00. The van der Waals surface area contributed by atoms with E-state index in [0.29, 0.717) is 5.02 Å². The summed E-state index contributed by atoms with van der Waals surface area (Å²) < 4.78 is 6.95. The van der Waals surface area contributed by atoms with Crippen molar-refractivity contribution in [3.63, 3.8) is 0 Å². The van der Waals surface area contributed by atoms with Crippen LogP contribution in [-0.4, -0.2) is 0 Å². The van der Waals surface area contributed by atoms with Crippen LogP contribution in [0.25, 0.3) is 32.7 Å². The molecule has 92 valence electrons. The van der Waals surface area contributed by atoms with Gasteiger partial charge in [-0.15, -0.1) is 0 Å². The Balaban J connectivity index is 2.30. The smallest absolute Gasteiger partial charge is 0.136 e. The average molecular weight is 332 g/mol. The molecule has 19 heavy (non-hydrogen) atoms. The van der Waals surface area contributed by atoms with E-state index in [4.69, 9.17) is 16.0 Å². The fourth-order valence-corrected chi connectivity index (χ4v) is 3.06. The van der Waals surface area contributed by atoms with Crippen molar-refractivity contribution in [2.45, 2.75) is 0 Å². The van der Waals surface area contributed by atoms with Crippen LogP contribution >= 0.6 is 27.5 Å². The fourth-order valence-electron chi connectivity index (χ4n) is 2.54. The third-order valence-electron chi connectivity index (χ3n) is 3.38. The quantitative estimate of drug-likeness (QED) is 0.376. The molecule has 1 aromatic heterocycles. The average Bonchev–Trinajstić information content (AvgIpc) is 2.76. The molecule has 0 aliphatic rings. The number of halogens is 2. The van der Waals surface area contributed by atoms with Gasteiger partial charge >= 0.3 is 0 Å². The van der Waals surface area contributed by atoms with E-state index in [9.17, 15) is 0 Å². The first-order chi connectivity index (χ1) is 9.22. The largest absolute Gasteiger partial charge is 0.456 e. The lowest BCUT2D eigenvalue weighted by molar-refractivity contribution is 0.669. The van der Waals surface area contributed by atoms with Crippen LogP contribution < -0.4 is 0 Å². The Morgan fingerprint density at radius 3 is 2.58 bits per heavy atom. The van der Waals surface area contributed by atoms with Crippen molar-refractivity contribution in [3.05, 3.63) is 58.0 Å². The zero-order chi connectivity index (χ0) is 13.0. The molecule has 0 radical (unpaired) electrons. The first-order valence-electron chi connectivity index (χ1n) is 5.92. The standard InChI is InChI=1S/C16H8BrClO/c17-10-3-1-9-2-6-14-16(13(9)7-10)12-5-4-11(18)8-15(12)19-14/h1-8H. The van der Waals surface area contributed by atoms with E-state index >= 15 is 0 Å². The molecular formula is C16H8BrClO. The van der Waals surface area contributed by atoms with Gasteiger partial charge in [0.2, 0.25) is 0 Å². The summed E-state index contributed by atoms with van der Waals surface area (Å²) in [4.78, 5) is 0. The number of fused-ring (bicyclic) bond motifs is 5. The van der Waals surface area contributed by atoms with Gasteiger partial charge in [-0.25, -0.2) is 0 Å². The maximum absolute atomic E-state index is 6.02. The van der Waals surface area contributed by atoms with Crippen molar-refractivity contribution in [2.75, 3.05) is 0 Å². The Hall–Kier alpha value is -1.51. The maximum Gasteiger partial charge on any atom is 0.136 e. The van der Waals surface area contributed by atoms with Crippen LogP contribution in [0.3, 0.4) is 0 Å². The van der Waals surface area contributed by atoms with Crippen LogP contribution in [0.15, 0.2) is 57.4 Å². The van der Waals surface area contributed by atoms with Gasteiger partial charge in [0.15, 0.2) is 0 Å². The van der Waals surface area contributed by atoms with Crippen molar-refractivity contribution < 1.29 is 4.42 Å². The second-order valence-corrected chi connectivity index (χ2v) is 5.90. The molecule has 0 bridgehead atoms. The normalized spacial score (nSPS) is 11.7.